The third-order valence-corrected chi connectivity index (χ3v) is 4.43. The number of urea groups is 1. The molecule has 1 aliphatic heterocycles. The summed E-state index contributed by atoms with van der Waals surface area (Å²) in [6.45, 7) is 2.69. The van der Waals surface area contributed by atoms with Crippen LogP contribution in [0.4, 0.5) is 10.5 Å². The van der Waals surface area contributed by atoms with Crippen molar-refractivity contribution in [3.63, 3.8) is 0 Å². The summed E-state index contributed by atoms with van der Waals surface area (Å²) < 4.78 is 5.34. The van der Waals surface area contributed by atoms with Crippen molar-refractivity contribution in [3.05, 3.63) is 65.7 Å². The second kappa shape index (κ2) is 9.16. The van der Waals surface area contributed by atoms with Gasteiger partial charge < -0.3 is 9.64 Å². The van der Waals surface area contributed by atoms with Crippen LogP contribution in [0.2, 0.25) is 0 Å². The molecule has 2 aromatic carbocycles. The molecule has 3 rings (SSSR count). The summed E-state index contributed by atoms with van der Waals surface area (Å²) in [4.78, 5) is 27.9. The van der Waals surface area contributed by atoms with Gasteiger partial charge >= 0.3 is 6.03 Å². The maximum atomic E-state index is 13.1. The van der Waals surface area contributed by atoms with Gasteiger partial charge in [0, 0.05) is 18.8 Å². The van der Waals surface area contributed by atoms with Crippen LogP contribution in [-0.4, -0.2) is 48.3 Å². The number of hydrogen-bond acceptors (Lipinski definition) is 4. The number of ether oxygens (including phenoxy) is 1. The Bertz CT molecular complexity index is 759. The summed E-state index contributed by atoms with van der Waals surface area (Å²) in [7, 11) is 0. The van der Waals surface area contributed by atoms with Gasteiger partial charge in [0.15, 0.2) is 0 Å². The summed E-state index contributed by atoms with van der Waals surface area (Å²) in [6.07, 6.45) is 0.103. The number of nitrogens with zero attached hydrogens (tertiary/aromatic N) is 2. The van der Waals surface area contributed by atoms with Crippen molar-refractivity contribution in [1.82, 2.24) is 10.4 Å². The lowest BCUT2D eigenvalue weighted by atomic mass is 10.1. The standard InChI is InChI=1S/C20H23N3O4/c24-19(21-26)14-16-6-8-17(9-7-16)15-23(18-4-2-1-3-5-18)20(25)22-10-12-27-13-11-22/h1-9,26H,10-15H2,(H,21,24). The quantitative estimate of drug-likeness (QED) is 0.625. The summed E-state index contributed by atoms with van der Waals surface area (Å²) in [5, 5.41) is 8.62. The first-order valence-electron chi connectivity index (χ1n) is 8.87. The fourth-order valence-corrected chi connectivity index (χ4v) is 2.97. The molecule has 1 saturated heterocycles. The van der Waals surface area contributed by atoms with Gasteiger partial charge in [-0.3, -0.25) is 14.9 Å². The van der Waals surface area contributed by atoms with Crippen molar-refractivity contribution in [2.75, 3.05) is 31.2 Å². The van der Waals surface area contributed by atoms with Crippen LogP contribution in [0.25, 0.3) is 0 Å². The minimum absolute atomic E-state index is 0.0479. The highest BCUT2D eigenvalue weighted by molar-refractivity contribution is 5.92. The number of benzene rings is 2. The van der Waals surface area contributed by atoms with E-state index in [1.165, 1.54) is 0 Å². The van der Waals surface area contributed by atoms with E-state index in [0.29, 0.717) is 32.8 Å². The van der Waals surface area contributed by atoms with Gasteiger partial charge in [0.2, 0.25) is 5.91 Å². The molecule has 1 heterocycles. The molecule has 7 heteroatoms. The molecular formula is C20H23N3O4. The van der Waals surface area contributed by atoms with Crippen molar-refractivity contribution < 1.29 is 19.5 Å². The van der Waals surface area contributed by atoms with Gasteiger partial charge in [-0.05, 0) is 23.3 Å². The minimum atomic E-state index is -0.462. The van der Waals surface area contributed by atoms with Crippen LogP contribution in [-0.2, 0) is 22.5 Å². The molecule has 1 aliphatic rings. The maximum absolute atomic E-state index is 13.1. The van der Waals surface area contributed by atoms with E-state index >= 15 is 0 Å². The zero-order valence-corrected chi connectivity index (χ0v) is 15.0. The summed E-state index contributed by atoms with van der Waals surface area (Å²) in [6, 6.07) is 17.0. The van der Waals surface area contributed by atoms with Crippen LogP contribution in [0.15, 0.2) is 54.6 Å². The zero-order chi connectivity index (χ0) is 19.1. The first kappa shape index (κ1) is 18.9. The molecule has 3 amide bonds. The van der Waals surface area contributed by atoms with Gasteiger partial charge in [-0.25, -0.2) is 10.3 Å². The van der Waals surface area contributed by atoms with Crippen molar-refractivity contribution in [2.24, 2.45) is 0 Å². The Hall–Kier alpha value is -2.90. The topological polar surface area (TPSA) is 82.1 Å². The van der Waals surface area contributed by atoms with Crippen LogP contribution in [0.5, 0.6) is 0 Å². The van der Waals surface area contributed by atoms with Crippen LogP contribution < -0.4 is 10.4 Å². The molecule has 0 aliphatic carbocycles. The van der Waals surface area contributed by atoms with Gasteiger partial charge in [-0.15, -0.1) is 0 Å². The Kier molecular flexibility index (Phi) is 6.40. The smallest absolute Gasteiger partial charge is 0.324 e. The molecule has 0 saturated carbocycles. The fraction of sp³-hybridized carbons (Fsp3) is 0.300. The van der Waals surface area contributed by atoms with E-state index in [0.717, 1.165) is 16.8 Å². The van der Waals surface area contributed by atoms with Crippen molar-refractivity contribution in [3.8, 4) is 0 Å². The number of rotatable bonds is 5. The third kappa shape index (κ3) is 5.06. The number of para-hydroxylation sites is 1. The summed E-state index contributed by atoms with van der Waals surface area (Å²) in [5.41, 5.74) is 4.20. The predicted molar refractivity (Wildman–Crippen MR) is 100 cm³/mol. The SMILES string of the molecule is O=C(Cc1ccc(CN(C(=O)N2CCOCC2)c2ccccc2)cc1)NO. The largest absolute Gasteiger partial charge is 0.378 e. The van der Waals surface area contributed by atoms with Gasteiger partial charge in [0.25, 0.3) is 0 Å². The highest BCUT2D eigenvalue weighted by atomic mass is 16.5. The zero-order valence-electron chi connectivity index (χ0n) is 15.0. The molecule has 0 aromatic heterocycles. The minimum Gasteiger partial charge on any atom is -0.378 e. The van der Waals surface area contributed by atoms with Gasteiger partial charge in [0.05, 0.1) is 26.2 Å². The number of morpholine rings is 1. The van der Waals surface area contributed by atoms with Crippen LogP contribution in [0.3, 0.4) is 0 Å². The maximum Gasteiger partial charge on any atom is 0.324 e. The Labute approximate surface area is 158 Å². The molecule has 2 N–H and O–H groups in total. The van der Waals surface area contributed by atoms with E-state index in [9.17, 15) is 9.59 Å². The number of anilines is 1. The molecule has 1 fully saturated rings. The molecular weight excluding hydrogens is 346 g/mol. The normalized spacial score (nSPS) is 13.9. The molecule has 0 bridgehead atoms. The number of carbonyl (C=O) groups excluding carboxylic acids is 2. The predicted octanol–water partition coefficient (Wildman–Crippen LogP) is 2.19. The second-order valence-electron chi connectivity index (χ2n) is 6.33. The van der Waals surface area contributed by atoms with E-state index in [2.05, 4.69) is 0 Å². The Morgan fingerprint density at radius 1 is 1.00 bits per heavy atom. The van der Waals surface area contributed by atoms with Gasteiger partial charge in [-0.1, -0.05) is 42.5 Å². The van der Waals surface area contributed by atoms with E-state index in [4.69, 9.17) is 9.94 Å². The first-order chi connectivity index (χ1) is 13.2. The average molecular weight is 369 g/mol. The van der Waals surface area contributed by atoms with Crippen molar-refractivity contribution >= 4 is 17.6 Å². The fourth-order valence-electron chi connectivity index (χ4n) is 2.97. The van der Waals surface area contributed by atoms with Gasteiger partial charge in [0.1, 0.15) is 0 Å². The molecule has 0 radical (unpaired) electrons. The Balaban J connectivity index is 1.77. The number of nitrogens with one attached hydrogen (secondary N) is 1. The lowest BCUT2D eigenvalue weighted by Crippen LogP contribution is -2.48. The number of hydrogen-bond donors (Lipinski definition) is 2. The number of amides is 3. The van der Waals surface area contributed by atoms with Crippen molar-refractivity contribution in [1.29, 1.82) is 0 Å². The third-order valence-electron chi connectivity index (χ3n) is 4.43. The van der Waals surface area contributed by atoms with E-state index < -0.39 is 5.91 Å². The average Bonchev–Trinajstić information content (AvgIpc) is 2.74. The van der Waals surface area contributed by atoms with E-state index in [1.807, 2.05) is 54.6 Å². The molecule has 0 unspecified atom stereocenters. The van der Waals surface area contributed by atoms with Crippen molar-refractivity contribution in [2.45, 2.75) is 13.0 Å². The highest BCUT2D eigenvalue weighted by Crippen LogP contribution is 2.20. The molecule has 7 nitrogen and oxygen atoms in total. The van der Waals surface area contributed by atoms with Crippen LogP contribution >= 0.6 is 0 Å². The molecule has 142 valence electrons. The monoisotopic (exact) mass is 369 g/mol. The highest BCUT2D eigenvalue weighted by Gasteiger charge is 2.24. The number of hydroxylamine groups is 1. The van der Waals surface area contributed by atoms with E-state index in [-0.39, 0.29) is 12.5 Å². The first-order valence-corrected chi connectivity index (χ1v) is 8.87. The summed E-state index contributed by atoms with van der Waals surface area (Å²) in [5.74, 6) is -0.462. The Morgan fingerprint density at radius 2 is 1.63 bits per heavy atom. The molecule has 2 aromatic rings. The Morgan fingerprint density at radius 3 is 2.26 bits per heavy atom. The summed E-state index contributed by atoms with van der Waals surface area (Å²) >= 11 is 0. The number of carbonyl (C=O) groups is 2. The second-order valence-corrected chi connectivity index (χ2v) is 6.33. The van der Waals surface area contributed by atoms with Gasteiger partial charge in [-0.2, -0.15) is 0 Å². The van der Waals surface area contributed by atoms with Crippen LogP contribution in [0, 0.1) is 0 Å². The lowest BCUT2D eigenvalue weighted by Gasteiger charge is -2.33. The van der Waals surface area contributed by atoms with Crippen LogP contribution in [0.1, 0.15) is 11.1 Å². The molecule has 27 heavy (non-hydrogen) atoms. The lowest BCUT2D eigenvalue weighted by molar-refractivity contribution is -0.128. The molecule has 0 atom stereocenters. The van der Waals surface area contributed by atoms with E-state index in [1.54, 1.807) is 15.3 Å². The molecule has 0 spiro atoms.